The first kappa shape index (κ1) is 11.3. The van der Waals surface area contributed by atoms with Crippen LogP contribution < -0.4 is 16.8 Å². The van der Waals surface area contributed by atoms with Gasteiger partial charge in [-0.2, -0.15) is 0 Å². The lowest BCUT2D eigenvalue weighted by Crippen LogP contribution is -2.29. The second-order valence-corrected chi connectivity index (χ2v) is 4.90. The maximum absolute atomic E-state index is 11.1. The second-order valence-electron chi connectivity index (χ2n) is 4.90. The van der Waals surface area contributed by atoms with Gasteiger partial charge in [-0.3, -0.25) is 4.98 Å². The monoisotopic (exact) mass is 247 g/mol. The zero-order chi connectivity index (χ0) is 12.5. The van der Waals surface area contributed by atoms with Crippen molar-refractivity contribution in [3.63, 3.8) is 0 Å². The van der Waals surface area contributed by atoms with Crippen LogP contribution in [0, 0.1) is 5.92 Å². The highest BCUT2D eigenvalue weighted by atomic mass is 16.4. The van der Waals surface area contributed by atoms with Crippen molar-refractivity contribution >= 4 is 16.8 Å². The van der Waals surface area contributed by atoms with E-state index in [1.165, 1.54) is 12.8 Å². The number of rotatable bonds is 3. The van der Waals surface area contributed by atoms with E-state index in [0.717, 1.165) is 24.2 Å². The van der Waals surface area contributed by atoms with Crippen molar-refractivity contribution in [2.24, 2.45) is 11.7 Å². The molecular weight excluding hydrogens is 230 g/mol. The molecule has 96 valence electrons. The highest BCUT2D eigenvalue weighted by Crippen LogP contribution is 2.28. The number of aromatic nitrogens is 1. The van der Waals surface area contributed by atoms with Crippen molar-refractivity contribution < 1.29 is 4.42 Å². The SMILES string of the molecule is NCC1CCCC1Nc1ccc2oc(=O)[nH]c2c1. The van der Waals surface area contributed by atoms with Crippen LogP contribution in [0.4, 0.5) is 5.69 Å². The second kappa shape index (κ2) is 4.49. The van der Waals surface area contributed by atoms with Crippen molar-refractivity contribution in [2.75, 3.05) is 11.9 Å². The standard InChI is InChI=1S/C13H17N3O2/c14-7-8-2-1-3-10(8)15-9-4-5-12-11(6-9)16-13(17)18-12/h4-6,8,10,15H,1-3,7,14H2,(H,16,17). The van der Waals surface area contributed by atoms with Gasteiger partial charge >= 0.3 is 5.76 Å². The average molecular weight is 247 g/mol. The van der Waals surface area contributed by atoms with Crippen LogP contribution in [0.25, 0.3) is 11.1 Å². The summed E-state index contributed by atoms with van der Waals surface area (Å²) in [5.74, 6) is 0.131. The molecule has 2 atom stereocenters. The molecule has 4 N–H and O–H groups in total. The third-order valence-electron chi connectivity index (χ3n) is 3.73. The first-order valence-electron chi connectivity index (χ1n) is 6.36. The van der Waals surface area contributed by atoms with Crippen LogP contribution in [0.3, 0.4) is 0 Å². The van der Waals surface area contributed by atoms with E-state index in [4.69, 9.17) is 10.2 Å². The number of H-pyrrole nitrogens is 1. The van der Waals surface area contributed by atoms with E-state index in [1.54, 1.807) is 0 Å². The summed E-state index contributed by atoms with van der Waals surface area (Å²) in [6.07, 6.45) is 3.57. The van der Waals surface area contributed by atoms with Crippen LogP contribution in [0.5, 0.6) is 0 Å². The normalized spacial score (nSPS) is 23.6. The van der Waals surface area contributed by atoms with Crippen molar-refractivity contribution in [3.8, 4) is 0 Å². The molecule has 1 aromatic heterocycles. The van der Waals surface area contributed by atoms with E-state index in [-0.39, 0.29) is 0 Å². The molecule has 0 bridgehead atoms. The maximum Gasteiger partial charge on any atom is 0.417 e. The Labute approximate surface area is 104 Å². The Morgan fingerprint density at radius 3 is 3.17 bits per heavy atom. The third kappa shape index (κ3) is 2.01. The molecule has 1 aliphatic rings. The minimum Gasteiger partial charge on any atom is -0.408 e. The molecule has 0 amide bonds. The Bertz CT molecular complexity index is 602. The van der Waals surface area contributed by atoms with Gasteiger partial charge in [-0.05, 0) is 43.5 Å². The minimum atomic E-state index is -0.414. The summed E-state index contributed by atoms with van der Waals surface area (Å²) in [6.45, 7) is 0.725. The summed E-state index contributed by atoms with van der Waals surface area (Å²) < 4.78 is 4.98. The Morgan fingerprint density at radius 2 is 2.33 bits per heavy atom. The molecule has 1 saturated carbocycles. The molecule has 1 fully saturated rings. The summed E-state index contributed by atoms with van der Waals surface area (Å²) in [4.78, 5) is 13.7. The number of hydrogen-bond acceptors (Lipinski definition) is 4. The number of benzene rings is 1. The zero-order valence-electron chi connectivity index (χ0n) is 10.1. The first-order chi connectivity index (χ1) is 8.76. The van der Waals surface area contributed by atoms with E-state index in [1.807, 2.05) is 18.2 Å². The predicted molar refractivity (Wildman–Crippen MR) is 70.6 cm³/mol. The number of nitrogens with one attached hydrogen (secondary N) is 2. The largest absolute Gasteiger partial charge is 0.417 e. The van der Waals surface area contributed by atoms with Gasteiger partial charge in [0.05, 0.1) is 5.52 Å². The molecule has 3 rings (SSSR count). The summed E-state index contributed by atoms with van der Waals surface area (Å²) in [6, 6.07) is 6.09. The Kier molecular flexibility index (Phi) is 2.83. The number of nitrogens with two attached hydrogens (primary N) is 1. The Hall–Kier alpha value is -1.75. The molecule has 0 spiro atoms. The van der Waals surface area contributed by atoms with Crippen molar-refractivity contribution in [1.82, 2.24) is 4.98 Å². The zero-order valence-corrected chi connectivity index (χ0v) is 10.1. The molecular formula is C13H17N3O2. The molecule has 1 heterocycles. The van der Waals surface area contributed by atoms with Crippen LogP contribution in [-0.4, -0.2) is 17.6 Å². The number of aromatic amines is 1. The fraction of sp³-hybridized carbons (Fsp3) is 0.462. The fourth-order valence-corrected chi connectivity index (χ4v) is 2.76. The molecule has 0 saturated heterocycles. The Morgan fingerprint density at radius 1 is 1.44 bits per heavy atom. The topological polar surface area (TPSA) is 84.0 Å². The molecule has 0 aliphatic heterocycles. The quantitative estimate of drug-likeness (QED) is 0.770. The molecule has 2 aromatic rings. The summed E-state index contributed by atoms with van der Waals surface area (Å²) in [7, 11) is 0. The van der Waals surface area contributed by atoms with Gasteiger partial charge in [0, 0.05) is 11.7 Å². The van der Waals surface area contributed by atoms with Gasteiger partial charge in [0.15, 0.2) is 5.58 Å². The Balaban J connectivity index is 1.83. The van der Waals surface area contributed by atoms with Crippen molar-refractivity contribution in [2.45, 2.75) is 25.3 Å². The van der Waals surface area contributed by atoms with Gasteiger partial charge in [0.2, 0.25) is 0 Å². The van der Waals surface area contributed by atoms with Gasteiger partial charge in [0.25, 0.3) is 0 Å². The van der Waals surface area contributed by atoms with Gasteiger partial charge in [-0.1, -0.05) is 6.42 Å². The summed E-state index contributed by atoms with van der Waals surface area (Å²) in [5, 5.41) is 3.50. The van der Waals surface area contributed by atoms with Gasteiger partial charge < -0.3 is 15.5 Å². The summed E-state index contributed by atoms with van der Waals surface area (Å²) >= 11 is 0. The number of anilines is 1. The van der Waals surface area contributed by atoms with Crippen LogP contribution >= 0.6 is 0 Å². The van der Waals surface area contributed by atoms with Crippen LogP contribution in [0.1, 0.15) is 19.3 Å². The molecule has 2 unspecified atom stereocenters. The average Bonchev–Trinajstić information content (AvgIpc) is 2.93. The lowest BCUT2D eigenvalue weighted by Gasteiger charge is -2.20. The molecule has 5 heteroatoms. The maximum atomic E-state index is 11.1. The van der Waals surface area contributed by atoms with Crippen LogP contribution in [-0.2, 0) is 0 Å². The van der Waals surface area contributed by atoms with E-state index in [2.05, 4.69) is 10.3 Å². The first-order valence-corrected chi connectivity index (χ1v) is 6.36. The van der Waals surface area contributed by atoms with Crippen molar-refractivity contribution in [3.05, 3.63) is 28.7 Å². The molecule has 0 radical (unpaired) electrons. The van der Waals surface area contributed by atoms with Crippen molar-refractivity contribution in [1.29, 1.82) is 0 Å². The number of oxazole rings is 1. The minimum absolute atomic E-state index is 0.414. The molecule has 5 nitrogen and oxygen atoms in total. The number of fused-ring (bicyclic) bond motifs is 1. The van der Waals surface area contributed by atoms with Gasteiger partial charge in [0.1, 0.15) is 0 Å². The van der Waals surface area contributed by atoms with Crippen LogP contribution in [0.2, 0.25) is 0 Å². The highest BCUT2D eigenvalue weighted by molar-refractivity contribution is 5.76. The van der Waals surface area contributed by atoms with Gasteiger partial charge in [-0.25, -0.2) is 4.79 Å². The highest BCUT2D eigenvalue weighted by Gasteiger charge is 2.25. The summed E-state index contributed by atoms with van der Waals surface area (Å²) in [5.41, 5.74) is 8.09. The lowest BCUT2D eigenvalue weighted by atomic mass is 10.0. The van der Waals surface area contributed by atoms with Gasteiger partial charge in [-0.15, -0.1) is 0 Å². The molecule has 1 aliphatic carbocycles. The van der Waals surface area contributed by atoms with E-state index in [0.29, 0.717) is 17.5 Å². The molecule has 1 aromatic carbocycles. The van der Waals surface area contributed by atoms with E-state index >= 15 is 0 Å². The smallest absolute Gasteiger partial charge is 0.408 e. The predicted octanol–water partition coefficient (Wildman–Crippen LogP) is 1.66. The van der Waals surface area contributed by atoms with Crippen LogP contribution in [0.15, 0.2) is 27.4 Å². The van der Waals surface area contributed by atoms with E-state index in [9.17, 15) is 4.79 Å². The van der Waals surface area contributed by atoms with E-state index < -0.39 is 5.76 Å². The molecule has 18 heavy (non-hydrogen) atoms. The lowest BCUT2D eigenvalue weighted by molar-refractivity contribution is 0.516. The third-order valence-corrected chi connectivity index (χ3v) is 3.73. The number of hydrogen-bond donors (Lipinski definition) is 3. The fourth-order valence-electron chi connectivity index (χ4n) is 2.76.